The molecule has 0 amide bonds. The molecular formula is C11H7Br2F2NO4S. The van der Waals surface area contributed by atoms with E-state index in [1.165, 1.54) is 0 Å². The van der Waals surface area contributed by atoms with Gasteiger partial charge in [-0.05, 0) is 28.1 Å². The molecule has 0 spiro atoms. The van der Waals surface area contributed by atoms with E-state index in [4.69, 9.17) is 9.52 Å². The SMILES string of the molecule is O=S(=O)(Nc1c(F)cc(Br)cc1F)c1cc(CO)oc1Br. The van der Waals surface area contributed by atoms with Crippen LogP contribution in [0, 0.1) is 11.6 Å². The fraction of sp³-hybridized carbons (Fsp3) is 0.0909. The molecule has 0 aliphatic carbocycles. The van der Waals surface area contributed by atoms with Crippen molar-refractivity contribution in [2.75, 3.05) is 4.72 Å². The second-order valence-corrected chi connectivity index (χ2v) is 7.15. The van der Waals surface area contributed by atoms with Gasteiger partial charge in [-0.1, -0.05) is 15.9 Å². The summed E-state index contributed by atoms with van der Waals surface area (Å²) in [4.78, 5) is -0.381. The lowest BCUT2D eigenvalue weighted by Crippen LogP contribution is -2.15. The van der Waals surface area contributed by atoms with Crippen molar-refractivity contribution in [1.29, 1.82) is 0 Å². The first-order valence-electron chi connectivity index (χ1n) is 5.31. The van der Waals surface area contributed by atoms with E-state index in [9.17, 15) is 17.2 Å². The van der Waals surface area contributed by atoms with Gasteiger partial charge in [-0.15, -0.1) is 0 Å². The number of sulfonamides is 1. The summed E-state index contributed by atoms with van der Waals surface area (Å²) in [6, 6.07) is 2.88. The molecule has 0 aliphatic rings. The maximum atomic E-state index is 13.7. The Balaban J connectivity index is 2.44. The largest absolute Gasteiger partial charge is 0.450 e. The molecule has 1 aromatic heterocycles. The zero-order valence-corrected chi connectivity index (χ0v) is 14.0. The molecule has 1 aromatic carbocycles. The van der Waals surface area contributed by atoms with Crippen LogP contribution in [0.2, 0.25) is 0 Å². The molecule has 2 rings (SSSR count). The summed E-state index contributed by atoms with van der Waals surface area (Å²) in [6.07, 6.45) is 0. The topological polar surface area (TPSA) is 79.5 Å². The van der Waals surface area contributed by atoms with E-state index < -0.39 is 34.0 Å². The molecule has 0 bridgehead atoms. The van der Waals surface area contributed by atoms with E-state index >= 15 is 0 Å². The minimum Gasteiger partial charge on any atom is -0.450 e. The number of benzene rings is 1. The maximum Gasteiger partial charge on any atom is 0.266 e. The smallest absolute Gasteiger partial charge is 0.266 e. The van der Waals surface area contributed by atoms with Crippen molar-refractivity contribution in [1.82, 2.24) is 0 Å². The highest BCUT2D eigenvalue weighted by molar-refractivity contribution is 9.10. The molecule has 2 aromatic rings. The second-order valence-electron chi connectivity index (χ2n) is 3.86. The number of aliphatic hydroxyl groups excluding tert-OH is 1. The minimum atomic E-state index is -4.29. The van der Waals surface area contributed by atoms with Gasteiger partial charge in [0.2, 0.25) is 0 Å². The van der Waals surface area contributed by atoms with Crippen LogP contribution in [-0.4, -0.2) is 13.5 Å². The van der Waals surface area contributed by atoms with Crippen molar-refractivity contribution >= 4 is 47.6 Å². The molecule has 2 N–H and O–H groups in total. The Morgan fingerprint density at radius 1 is 1.19 bits per heavy atom. The third-order valence-electron chi connectivity index (χ3n) is 2.40. The monoisotopic (exact) mass is 445 g/mol. The number of anilines is 1. The summed E-state index contributed by atoms with van der Waals surface area (Å²) in [5.41, 5.74) is -0.808. The minimum absolute atomic E-state index is 0.0148. The molecule has 0 fully saturated rings. The van der Waals surface area contributed by atoms with Crippen molar-refractivity contribution in [3.63, 3.8) is 0 Å². The lowest BCUT2D eigenvalue weighted by Gasteiger charge is -2.09. The van der Waals surface area contributed by atoms with Crippen LogP contribution >= 0.6 is 31.9 Å². The summed E-state index contributed by atoms with van der Waals surface area (Å²) in [5, 5.41) is 8.89. The molecule has 0 atom stereocenters. The molecule has 0 aliphatic heterocycles. The van der Waals surface area contributed by atoms with Crippen LogP contribution in [0.1, 0.15) is 5.76 Å². The van der Waals surface area contributed by atoms with Crippen molar-refractivity contribution in [3.8, 4) is 0 Å². The molecule has 0 saturated heterocycles. The summed E-state index contributed by atoms with van der Waals surface area (Å²) in [6.45, 7) is -0.519. The van der Waals surface area contributed by atoms with Crippen LogP contribution in [0.3, 0.4) is 0 Å². The predicted molar refractivity (Wildman–Crippen MR) is 77.2 cm³/mol. The predicted octanol–water partition coefficient (Wildman–Crippen LogP) is 3.38. The first-order valence-corrected chi connectivity index (χ1v) is 8.38. The molecule has 21 heavy (non-hydrogen) atoms. The van der Waals surface area contributed by atoms with Gasteiger partial charge in [-0.25, -0.2) is 17.2 Å². The highest BCUT2D eigenvalue weighted by Crippen LogP contribution is 2.30. The highest BCUT2D eigenvalue weighted by atomic mass is 79.9. The average molecular weight is 447 g/mol. The lowest BCUT2D eigenvalue weighted by atomic mass is 10.3. The number of furan rings is 1. The lowest BCUT2D eigenvalue weighted by molar-refractivity contribution is 0.245. The normalized spacial score (nSPS) is 11.7. The van der Waals surface area contributed by atoms with Crippen LogP contribution in [0.4, 0.5) is 14.5 Å². The van der Waals surface area contributed by atoms with Gasteiger partial charge in [0.05, 0.1) is 0 Å². The number of rotatable bonds is 4. The number of hydrogen-bond donors (Lipinski definition) is 2. The zero-order valence-electron chi connectivity index (χ0n) is 10.0. The van der Waals surface area contributed by atoms with Gasteiger partial charge in [0.25, 0.3) is 10.0 Å². The summed E-state index contributed by atoms with van der Waals surface area (Å²) in [7, 11) is -4.29. The summed E-state index contributed by atoms with van der Waals surface area (Å²) in [5.74, 6) is -2.17. The van der Waals surface area contributed by atoms with E-state index in [1.54, 1.807) is 4.72 Å². The third kappa shape index (κ3) is 3.44. The first kappa shape index (κ1) is 16.4. The number of aliphatic hydroxyl groups is 1. The average Bonchev–Trinajstić information content (AvgIpc) is 2.76. The third-order valence-corrected chi connectivity index (χ3v) is 5.06. The Labute approximate surface area is 135 Å². The van der Waals surface area contributed by atoms with Crippen LogP contribution < -0.4 is 4.72 Å². The van der Waals surface area contributed by atoms with E-state index in [0.29, 0.717) is 0 Å². The molecule has 0 saturated carbocycles. The van der Waals surface area contributed by atoms with Crippen molar-refractivity contribution in [2.24, 2.45) is 0 Å². The first-order chi connectivity index (χ1) is 9.74. The fourth-order valence-electron chi connectivity index (χ4n) is 1.49. The Morgan fingerprint density at radius 2 is 1.76 bits per heavy atom. The van der Waals surface area contributed by atoms with E-state index in [-0.39, 0.29) is 19.8 Å². The van der Waals surface area contributed by atoms with Gasteiger partial charge in [0.1, 0.15) is 22.9 Å². The van der Waals surface area contributed by atoms with Gasteiger partial charge in [0, 0.05) is 10.5 Å². The van der Waals surface area contributed by atoms with Crippen LogP contribution in [0.5, 0.6) is 0 Å². The zero-order chi connectivity index (χ0) is 15.8. The summed E-state index contributed by atoms with van der Waals surface area (Å²) >= 11 is 5.75. The summed E-state index contributed by atoms with van der Waals surface area (Å²) < 4.78 is 58.2. The van der Waals surface area contributed by atoms with Gasteiger partial charge in [-0.3, -0.25) is 4.72 Å². The Bertz CT molecular complexity index is 769. The standard InChI is InChI=1S/C11H7Br2F2NO4S/c12-5-1-7(14)10(8(15)2-5)16-21(18,19)9-3-6(4-17)20-11(9)13/h1-3,16-17H,4H2. The maximum absolute atomic E-state index is 13.7. The van der Waals surface area contributed by atoms with Crippen molar-refractivity contribution in [2.45, 2.75) is 11.5 Å². The van der Waals surface area contributed by atoms with Crippen molar-refractivity contribution < 1.29 is 26.7 Å². The molecule has 10 heteroatoms. The highest BCUT2D eigenvalue weighted by Gasteiger charge is 2.25. The molecule has 0 radical (unpaired) electrons. The Hall–Kier alpha value is -0.970. The van der Waals surface area contributed by atoms with Gasteiger partial charge >= 0.3 is 0 Å². The van der Waals surface area contributed by atoms with Crippen molar-refractivity contribution in [3.05, 3.63) is 44.7 Å². The van der Waals surface area contributed by atoms with Crippen LogP contribution in [0.15, 0.2) is 36.7 Å². The van der Waals surface area contributed by atoms with Gasteiger partial charge in [0.15, 0.2) is 16.3 Å². The molecule has 1 heterocycles. The quantitative estimate of drug-likeness (QED) is 0.754. The van der Waals surface area contributed by atoms with E-state index in [1.807, 2.05) is 0 Å². The van der Waals surface area contributed by atoms with Gasteiger partial charge < -0.3 is 9.52 Å². The number of nitrogens with one attached hydrogen (secondary N) is 1. The molecule has 5 nitrogen and oxygen atoms in total. The van der Waals surface area contributed by atoms with Crippen LogP contribution in [0.25, 0.3) is 0 Å². The number of halogens is 4. The molecule has 0 unspecified atom stereocenters. The van der Waals surface area contributed by atoms with Gasteiger partial charge in [-0.2, -0.15) is 0 Å². The Kier molecular flexibility index (Phi) is 4.71. The van der Waals surface area contributed by atoms with E-state index in [0.717, 1.165) is 18.2 Å². The number of hydrogen-bond acceptors (Lipinski definition) is 4. The molecule has 114 valence electrons. The van der Waals surface area contributed by atoms with Crippen LogP contribution in [-0.2, 0) is 16.6 Å². The van der Waals surface area contributed by atoms with E-state index in [2.05, 4.69) is 31.9 Å². The second kappa shape index (κ2) is 6.03. The Morgan fingerprint density at radius 3 is 2.24 bits per heavy atom. The fourth-order valence-corrected chi connectivity index (χ4v) is 3.96. The molecular weight excluding hydrogens is 440 g/mol.